The van der Waals surface area contributed by atoms with E-state index >= 15 is 0 Å². The lowest BCUT2D eigenvalue weighted by atomic mass is 9.96. The first-order chi connectivity index (χ1) is 12.3. The summed E-state index contributed by atoms with van der Waals surface area (Å²) < 4.78 is 27.5. The van der Waals surface area contributed by atoms with Gasteiger partial charge in [0.15, 0.2) is 0 Å². The molecular weight excluding hydrogens is 348 g/mol. The van der Waals surface area contributed by atoms with Crippen LogP contribution in [0.3, 0.4) is 0 Å². The lowest BCUT2D eigenvalue weighted by Gasteiger charge is -2.33. The highest BCUT2D eigenvalue weighted by atomic mass is 32.2. The number of carbonyl (C=O) groups excluding carboxylic acids is 1. The summed E-state index contributed by atoms with van der Waals surface area (Å²) in [6.45, 7) is 5.77. The second-order valence-corrected chi connectivity index (χ2v) is 10.0. The molecule has 0 bridgehead atoms. The van der Waals surface area contributed by atoms with Crippen molar-refractivity contribution in [2.75, 3.05) is 26.7 Å². The van der Waals surface area contributed by atoms with E-state index in [-0.39, 0.29) is 11.8 Å². The highest BCUT2D eigenvalue weighted by Crippen LogP contribution is 2.29. The van der Waals surface area contributed by atoms with Crippen LogP contribution in [0.1, 0.15) is 44.2 Å². The maximum atomic E-state index is 13.0. The van der Waals surface area contributed by atoms with Crippen molar-refractivity contribution >= 4 is 15.9 Å². The van der Waals surface area contributed by atoms with Crippen molar-refractivity contribution in [3.63, 3.8) is 0 Å². The monoisotopic (exact) mass is 378 g/mol. The fourth-order valence-electron chi connectivity index (χ4n) is 4.15. The van der Waals surface area contributed by atoms with E-state index in [1.54, 1.807) is 15.3 Å². The molecule has 0 radical (unpaired) electrons. The summed E-state index contributed by atoms with van der Waals surface area (Å²) in [5.74, 6) is 0.516. The molecule has 0 spiro atoms. The molecule has 1 heterocycles. The molecule has 1 fully saturated rings. The minimum Gasteiger partial charge on any atom is -0.345 e. The third-order valence-corrected chi connectivity index (χ3v) is 7.42. The van der Waals surface area contributed by atoms with Gasteiger partial charge in [0, 0.05) is 32.6 Å². The quantitative estimate of drug-likeness (QED) is 0.791. The van der Waals surface area contributed by atoms with Gasteiger partial charge in [0.05, 0.1) is 4.90 Å². The predicted octanol–water partition coefficient (Wildman–Crippen LogP) is 2.69. The predicted molar refractivity (Wildman–Crippen MR) is 102 cm³/mol. The van der Waals surface area contributed by atoms with Crippen LogP contribution >= 0.6 is 0 Å². The standard InChI is InChI=1S/C20H30N2O3S/c1-15(2)14-21(3)20(23)17-9-11-22(12-10-17)26(24,25)19-8-7-16-5-4-6-18(16)13-19/h7-8,13,15,17H,4-6,9-12,14H2,1-3H3. The fourth-order valence-corrected chi connectivity index (χ4v) is 5.67. The van der Waals surface area contributed by atoms with Gasteiger partial charge in [-0.2, -0.15) is 4.31 Å². The molecule has 1 amide bonds. The van der Waals surface area contributed by atoms with Crippen LogP contribution in [0.2, 0.25) is 0 Å². The summed E-state index contributed by atoms with van der Waals surface area (Å²) in [6, 6.07) is 5.56. The first-order valence-electron chi connectivity index (χ1n) is 9.66. The van der Waals surface area contributed by atoms with Gasteiger partial charge < -0.3 is 4.90 Å². The normalized spacial score (nSPS) is 18.9. The Labute approximate surface area is 157 Å². The van der Waals surface area contributed by atoms with Crippen LogP contribution in [0, 0.1) is 11.8 Å². The number of rotatable bonds is 5. The molecule has 0 atom stereocenters. The number of hydrogen-bond acceptors (Lipinski definition) is 3. The van der Waals surface area contributed by atoms with E-state index in [4.69, 9.17) is 0 Å². The van der Waals surface area contributed by atoms with Gasteiger partial charge in [-0.05, 0) is 61.3 Å². The van der Waals surface area contributed by atoms with Crippen molar-refractivity contribution in [2.45, 2.75) is 50.8 Å². The van der Waals surface area contributed by atoms with Crippen molar-refractivity contribution in [1.29, 1.82) is 0 Å². The van der Waals surface area contributed by atoms with E-state index in [1.807, 2.05) is 19.2 Å². The van der Waals surface area contributed by atoms with Crippen LogP contribution in [-0.2, 0) is 27.7 Å². The van der Waals surface area contributed by atoms with Gasteiger partial charge in [0.25, 0.3) is 0 Å². The maximum absolute atomic E-state index is 13.0. The SMILES string of the molecule is CC(C)CN(C)C(=O)C1CCN(S(=O)(=O)c2ccc3c(c2)CCC3)CC1. The van der Waals surface area contributed by atoms with Crippen LogP contribution < -0.4 is 0 Å². The van der Waals surface area contributed by atoms with E-state index in [9.17, 15) is 13.2 Å². The smallest absolute Gasteiger partial charge is 0.243 e. The average molecular weight is 379 g/mol. The number of nitrogens with zero attached hydrogens (tertiary/aromatic N) is 2. The Hall–Kier alpha value is -1.40. The van der Waals surface area contributed by atoms with Crippen LogP contribution in [-0.4, -0.2) is 50.2 Å². The first-order valence-corrected chi connectivity index (χ1v) is 11.1. The third-order valence-electron chi connectivity index (χ3n) is 5.53. The molecule has 1 aromatic carbocycles. The number of benzene rings is 1. The summed E-state index contributed by atoms with van der Waals surface area (Å²) in [4.78, 5) is 14.7. The number of sulfonamides is 1. The topological polar surface area (TPSA) is 57.7 Å². The highest BCUT2D eigenvalue weighted by molar-refractivity contribution is 7.89. The molecule has 5 nitrogen and oxygen atoms in total. The Morgan fingerprint density at radius 1 is 1.19 bits per heavy atom. The molecule has 0 unspecified atom stereocenters. The van der Waals surface area contributed by atoms with Crippen LogP contribution in [0.15, 0.2) is 23.1 Å². The molecule has 1 aromatic rings. The van der Waals surface area contributed by atoms with E-state index in [1.165, 1.54) is 11.1 Å². The Morgan fingerprint density at radius 3 is 2.50 bits per heavy atom. The molecule has 2 aliphatic rings. The van der Waals surface area contributed by atoms with Crippen molar-refractivity contribution in [1.82, 2.24) is 9.21 Å². The fraction of sp³-hybridized carbons (Fsp3) is 0.650. The molecule has 1 saturated heterocycles. The summed E-state index contributed by atoms with van der Waals surface area (Å²) >= 11 is 0. The Balaban J connectivity index is 1.64. The summed E-state index contributed by atoms with van der Waals surface area (Å²) in [5.41, 5.74) is 2.45. The third kappa shape index (κ3) is 3.96. The number of hydrogen-bond donors (Lipinski definition) is 0. The summed E-state index contributed by atoms with van der Waals surface area (Å²) in [6.07, 6.45) is 4.33. The molecule has 1 aliphatic heterocycles. The Morgan fingerprint density at radius 2 is 1.85 bits per heavy atom. The zero-order valence-corrected chi connectivity index (χ0v) is 16.9. The van der Waals surface area contributed by atoms with E-state index in [0.717, 1.165) is 25.8 Å². The molecule has 0 N–H and O–H groups in total. The van der Waals surface area contributed by atoms with Gasteiger partial charge in [0.1, 0.15) is 0 Å². The van der Waals surface area contributed by atoms with Crippen LogP contribution in [0.5, 0.6) is 0 Å². The van der Waals surface area contributed by atoms with Crippen LogP contribution in [0.4, 0.5) is 0 Å². The van der Waals surface area contributed by atoms with E-state index < -0.39 is 10.0 Å². The van der Waals surface area contributed by atoms with E-state index in [2.05, 4.69) is 13.8 Å². The van der Waals surface area contributed by atoms with Gasteiger partial charge in [-0.1, -0.05) is 19.9 Å². The minimum atomic E-state index is -3.46. The Kier molecular flexibility index (Phi) is 5.72. The molecule has 6 heteroatoms. The highest BCUT2D eigenvalue weighted by Gasteiger charge is 2.33. The average Bonchev–Trinajstić information content (AvgIpc) is 3.08. The largest absolute Gasteiger partial charge is 0.345 e. The van der Waals surface area contributed by atoms with E-state index in [0.29, 0.717) is 36.7 Å². The number of carbonyl (C=O) groups is 1. The number of amides is 1. The second kappa shape index (κ2) is 7.69. The van der Waals surface area contributed by atoms with Gasteiger partial charge in [0.2, 0.25) is 15.9 Å². The lowest BCUT2D eigenvalue weighted by molar-refractivity contribution is -0.135. The van der Waals surface area contributed by atoms with Gasteiger partial charge in [-0.15, -0.1) is 0 Å². The Bertz CT molecular complexity index is 765. The van der Waals surface area contributed by atoms with Crippen molar-refractivity contribution in [2.24, 2.45) is 11.8 Å². The lowest BCUT2D eigenvalue weighted by Crippen LogP contribution is -2.44. The van der Waals surface area contributed by atoms with Crippen molar-refractivity contribution in [3.05, 3.63) is 29.3 Å². The van der Waals surface area contributed by atoms with Crippen LogP contribution in [0.25, 0.3) is 0 Å². The number of fused-ring (bicyclic) bond motifs is 1. The molecule has 3 rings (SSSR count). The second-order valence-electron chi connectivity index (χ2n) is 8.08. The number of aryl methyl sites for hydroxylation is 2. The summed E-state index contributed by atoms with van der Waals surface area (Å²) in [5, 5.41) is 0. The van der Waals surface area contributed by atoms with Crippen molar-refractivity contribution in [3.8, 4) is 0 Å². The maximum Gasteiger partial charge on any atom is 0.243 e. The number of piperidine rings is 1. The molecule has 26 heavy (non-hydrogen) atoms. The summed E-state index contributed by atoms with van der Waals surface area (Å²) in [7, 11) is -1.62. The molecular formula is C20H30N2O3S. The van der Waals surface area contributed by atoms with Gasteiger partial charge in [-0.25, -0.2) is 8.42 Å². The van der Waals surface area contributed by atoms with Crippen molar-refractivity contribution < 1.29 is 13.2 Å². The van der Waals surface area contributed by atoms with Gasteiger partial charge >= 0.3 is 0 Å². The molecule has 1 aliphatic carbocycles. The zero-order chi connectivity index (χ0) is 18.9. The minimum absolute atomic E-state index is 0.0646. The molecule has 144 valence electrons. The first kappa shape index (κ1) is 19.4. The molecule has 0 aromatic heterocycles. The van der Waals surface area contributed by atoms with Gasteiger partial charge in [-0.3, -0.25) is 4.79 Å². The zero-order valence-electron chi connectivity index (χ0n) is 16.1. The molecule has 0 saturated carbocycles.